The van der Waals surface area contributed by atoms with Gasteiger partial charge in [0, 0.05) is 33.4 Å². The molecule has 0 bridgehead atoms. The van der Waals surface area contributed by atoms with Crippen molar-refractivity contribution in [2.45, 2.75) is 32.7 Å². The minimum Gasteiger partial charge on any atom is -0.383 e. The Labute approximate surface area is 105 Å². The van der Waals surface area contributed by atoms with E-state index in [1.807, 2.05) is 6.92 Å². The van der Waals surface area contributed by atoms with Crippen molar-refractivity contribution in [3.05, 3.63) is 0 Å². The van der Waals surface area contributed by atoms with Gasteiger partial charge in [0.25, 0.3) is 0 Å². The van der Waals surface area contributed by atoms with Crippen molar-refractivity contribution in [2.75, 3.05) is 40.5 Å². The third-order valence-corrected chi connectivity index (χ3v) is 2.20. The molecule has 0 radical (unpaired) electrons. The highest BCUT2D eigenvalue weighted by atomic mass is 16.5. The summed E-state index contributed by atoms with van der Waals surface area (Å²) >= 11 is 0. The van der Waals surface area contributed by atoms with Crippen LogP contribution in [0.1, 0.15) is 26.7 Å². The van der Waals surface area contributed by atoms with E-state index in [0.717, 1.165) is 25.5 Å². The zero-order valence-electron chi connectivity index (χ0n) is 11.6. The zero-order chi connectivity index (χ0) is 12.9. The second-order valence-electron chi connectivity index (χ2n) is 3.97. The van der Waals surface area contributed by atoms with Gasteiger partial charge in [-0.25, -0.2) is 0 Å². The van der Waals surface area contributed by atoms with E-state index in [1.54, 1.807) is 14.2 Å². The van der Waals surface area contributed by atoms with E-state index in [9.17, 15) is 0 Å². The molecule has 0 aromatic carbocycles. The Morgan fingerprint density at radius 2 is 2.12 bits per heavy atom. The van der Waals surface area contributed by atoms with Crippen LogP contribution < -0.4 is 10.6 Å². The summed E-state index contributed by atoms with van der Waals surface area (Å²) in [6.45, 7) is 7.18. The number of unbranched alkanes of at least 4 members (excludes halogenated alkanes) is 1. The molecule has 5 heteroatoms. The summed E-state index contributed by atoms with van der Waals surface area (Å²) in [5.74, 6) is 0.786. The third-order valence-electron chi connectivity index (χ3n) is 2.20. The summed E-state index contributed by atoms with van der Waals surface area (Å²) in [7, 11) is 3.45. The van der Waals surface area contributed by atoms with Gasteiger partial charge in [-0.15, -0.1) is 0 Å². The molecule has 0 aliphatic heterocycles. The fraction of sp³-hybridized carbons (Fsp3) is 0.917. The van der Waals surface area contributed by atoms with E-state index in [-0.39, 0.29) is 6.04 Å². The van der Waals surface area contributed by atoms with Crippen LogP contribution in [-0.2, 0) is 9.47 Å². The van der Waals surface area contributed by atoms with Crippen molar-refractivity contribution < 1.29 is 9.47 Å². The summed E-state index contributed by atoms with van der Waals surface area (Å²) in [5.41, 5.74) is 0. The minimum atomic E-state index is 0.243. The lowest BCUT2D eigenvalue weighted by Gasteiger charge is -2.17. The van der Waals surface area contributed by atoms with E-state index >= 15 is 0 Å². The van der Waals surface area contributed by atoms with Crippen molar-refractivity contribution in [3.8, 4) is 0 Å². The first-order chi connectivity index (χ1) is 8.24. The van der Waals surface area contributed by atoms with Crippen LogP contribution in [0.4, 0.5) is 0 Å². The largest absolute Gasteiger partial charge is 0.383 e. The Morgan fingerprint density at radius 1 is 1.35 bits per heavy atom. The van der Waals surface area contributed by atoms with Crippen molar-refractivity contribution in [2.24, 2.45) is 4.99 Å². The van der Waals surface area contributed by atoms with Gasteiger partial charge >= 0.3 is 0 Å². The van der Waals surface area contributed by atoms with Crippen LogP contribution >= 0.6 is 0 Å². The van der Waals surface area contributed by atoms with Gasteiger partial charge in [-0.2, -0.15) is 0 Å². The number of methoxy groups -OCH3 is 1. The first kappa shape index (κ1) is 16.2. The molecule has 0 amide bonds. The molecule has 0 aromatic rings. The molecule has 0 aromatic heterocycles. The predicted octanol–water partition coefficient (Wildman–Crippen LogP) is 1.00. The van der Waals surface area contributed by atoms with Crippen LogP contribution in [-0.4, -0.2) is 52.5 Å². The molecule has 1 unspecified atom stereocenters. The lowest BCUT2D eigenvalue weighted by Crippen LogP contribution is -2.44. The standard InChI is InChI=1S/C12H27N3O2/c1-5-6-8-17-9-7-14-12(13-3)15-11(2)10-16-4/h11H,5-10H2,1-4H3,(H2,13,14,15). The Kier molecular flexibility index (Phi) is 11.1. The molecule has 0 fully saturated rings. The lowest BCUT2D eigenvalue weighted by atomic mass is 10.4. The molecule has 0 saturated heterocycles. The molecular formula is C12H27N3O2. The number of aliphatic imine (C=N–C) groups is 1. The molecule has 2 N–H and O–H groups in total. The van der Waals surface area contributed by atoms with Gasteiger partial charge in [0.2, 0.25) is 0 Å². The van der Waals surface area contributed by atoms with Crippen LogP contribution in [0.15, 0.2) is 4.99 Å². The third kappa shape index (κ3) is 10.1. The number of guanidine groups is 1. The zero-order valence-corrected chi connectivity index (χ0v) is 11.6. The van der Waals surface area contributed by atoms with E-state index in [4.69, 9.17) is 9.47 Å². The summed E-state index contributed by atoms with van der Waals surface area (Å²) in [6.07, 6.45) is 2.29. The van der Waals surface area contributed by atoms with Crippen molar-refractivity contribution >= 4 is 5.96 Å². The Morgan fingerprint density at radius 3 is 2.71 bits per heavy atom. The average molecular weight is 245 g/mol. The highest BCUT2D eigenvalue weighted by Crippen LogP contribution is 1.87. The number of nitrogens with one attached hydrogen (secondary N) is 2. The Balaban J connectivity index is 3.55. The average Bonchev–Trinajstić information content (AvgIpc) is 2.32. The maximum absolute atomic E-state index is 5.45. The number of nitrogens with zero attached hydrogens (tertiary/aromatic N) is 1. The highest BCUT2D eigenvalue weighted by molar-refractivity contribution is 5.79. The number of ether oxygens (including phenoxy) is 2. The maximum Gasteiger partial charge on any atom is 0.191 e. The molecular weight excluding hydrogens is 218 g/mol. The number of rotatable bonds is 9. The van der Waals surface area contributed by atoms with Crippen LogP contribution in [0.2, 0.25) is 0 Å². The van der Waals surface area contributed by atoms with Crippen molar-refractivity contribution in [1.29, 1.82) is 0 Å². The van der Waals surface area contributed by atoms with E-state index in [0.29, 0.717) is 13.2 Å². The van der Waals surface area contributed by atoms with E-state index < -0.39 is 0 Å². The van der Waals surface area contributed by atoms with Crippen molar-refractivity contribution in [1.82, 2.24) is 10.6 Å². The smallest absolute Gasteiger partial charge is 0.191 e. The summed E-state index contributed by atoms with van der Waals surface area (Å²) < 4.78 is 10.5. The fourth-order valence-corrected chi connectivity index (χ4v) is 1.31. The van der Waals surface area contributed by atoms with Crippen LogP contribution in [0.3, 0.4) is 0 Å². The molecule has 0 aliphatic carbocycles. The highest BCUT2D eigenvalue weighted by Gasteiger charge is 2.03. The monoisotopic (exact) mass is 245 g/mol. The molecule has 0 rings (SSSR count). The lowest BCUT2D eigenvalue weighted by molar-refractivity contribution is 0.135. The van der Waals surface area contributed by atoms with Gasteiger partial charge in [-0.05, 0) is 13.3 Å². The minimum absolute atomic E-state index is 0.243. The molecule has 0 aliphatic rings. The predicted molar refractivity (Wildman–Crippen MR) is 71.6 cm³/mol. The SMILES string of the molecule is CCCCOCCNC(=NC)NC(C)COC. The Bertz CT molecular complexity index is 198. The van der Waals surface area contributed by atoms with Crippen LogP contribution in [0.5, 0.6) is 0 Å². The molecule has 102 valence electrons. The first-order valence-corrected chi connectivity index (χ1v) is 6.28. The van der Waals surface area contributed by atoms with Crippen LogP contribution in [0.25, 0.3) is 0 Å². The topological polar surface area (TPSA) is 54.9 Å². The molecule has 5 nitrogen and oxygen atoms in total. The maximum atomic E-state index is 5.45. The Hall–Kier alpha value is -0.810. The molecule has 0 spiro atoms. The van der Waals surface area contributed by atoms with E-state index in [1.165, 1.54) is 6.42 Å². The van der Waals surface area contributed by atoms with Crippen LogP contribution in [0, 0.1) is 0 Å². The molecule has 0 saturated carbocycles. The quantitative estimate of drug-likeness (QED) is 0.361. The summed E-state index contributed by atoms with van der Waals surface area (Å²) in [6, 6.07) is 0.243. The van der Waals surface area contributed by atoms with Gasteiger partial charge < -0.3 is 20.1 Å². The van der Waals surface area contributed by atoms with Gasteiger partial charge in [0.1, 0.15) is 0 Å². The normalized spacial score (nSPS) is 13.5. The van der Waals surface area contributed by atoms with Crippen molar-refractivity contribution in [3.63, 3.8) is 0 Å². The fourth-order valence-electron chi connectivity index (χ4n) is 1.31. The first-order valence-electron chi connectivity index (χ1n) is 6.28. The van der Waals surface area contributed by atoms with E-state index in [2.05, 4.69) is 22.5 Å². The van der Waals surface area contributed by atoms with Gasteiger partial charge in [0.15, 0.2) is 5.96 Å². The number of hydrogen-bond donors (Lipinski definition) is 2. The second kappa shape index (κ2) is 11.7. The van der Waals surface area contributed by atoms with Gasteiger partial charge in [-0.3, -0.25) is 4.99 Å². The molecule has 1 atom stereocenters. The molecule has 0 heterocycles. The molecule has 17 heavy (non-hydrogen) atoms. The number of hydrogen-bond acceptors (Lipinski definition) is 3. The van der Waals surface area contributed by atoms with Gasteiger partial charge in [0.05, 0.1) is 13.2 Å². The van der Waals surface area contributed by atoms with Gasteiger partial charge in [-0.1, -0.05) is 13.3 Å². The summed E-state index contributed by atoms with van der Waals surface area (Å²) in [5, 5.41) is 6.42. The summed E-state index contributed by atoms with van der Waals surface area (Å²) in [4.78, 5) is 4.13. The second-order valence-corrected chi connectivity index (χ2v) is 3.97.